The molecule has 4 rings (SSSR count). The molecule has 0 spiro atoms. The summed E-state index contributed by atoms with van der Waals surface area (Å²) in [6.07, 6.45) is 0. The summed E-state index contributed by atoms with van der Waals surface area (Å²) in [5.41, 5.74) is 8.14. The highest BCUT2D eigenvalue weighted by atomic mass is 19.1. The van der Waals surface area contributed by atoms with Crippen molar-refractivity contribution in [1.82, 2.24) is 20.4 Å². The van der Waals surface area contributed by atoms with Crippen LogP contribution in [-0.2, 0) is 6.54 Å². The second-order valence-corrected chi connectivity index (χ2v) is 5.39. The van der Waals surface area contributed by atoms with Crippen molar-refractivity contribution in [1.29, 1.82) is 0 Å². The number of nitrogens with zero attached hydrogens (tertiary/aromatic N) is 3. The number of anilines is 4. The molecular formula is C16H14FN7O. The van der Waals surface area contributed by atoms with E-state index in [0.717, 1.165) is 22.2 Å². The average Bonchev–Trinajstić information content (AvgIpc) is 3.20. The summed E-state index contributed by atoms with van der Waals surface area (Å²) in [7, 11) is 0. The Labute approximate surface area is 141 Å². The first-order chi connectivity index (χ1) is 12.2. The van der Waals surface area contributed by atoms with Crippen molar-refractivity contribution < 1.29 is 8.81 Å². The van der Waals surface area contributed by atoms with Gasteiger partial charge in [0.2, 0.25) is 0 Å². The van der Waals surface area contributed by atoms with E-state index in [-0.39, 0.29) is 17.8 Å². The predicted octanol–water partition coefficient (Wildman–Crippen LogP) is 3.02. The van der Waals surface area contributed by atoms with Crippen LogP contribution in [0.15, 0.2) is 46.9 Å². The van der Waals surface area contributed by atoms with Crippen molar-refractivity contribution in [3.8, 4) is 0 Å². The number of H-pyrrole nitrogens is 1. The van der Waals surface area contributed by atoms with Crippen molar-refractivity contribution in [3.63, 3.8) is 0 Å². The second-order valence-electron chi connectivity index (χ2n) is 5.39. The number of aromatic amines is 1. The van der Waals surface area contributed by atoms with Gasteiger partial charge in [-0.3, -0.25) is 5.10 Å². The highest BCUT2D eigenvalue weighted by molar-refractivity contribution is 5.91. The van der Waals surface area contributed by atoms with E-state index in [0.29, 0.717) is 12.4 Å². The third-order valence-electron chi connectivity index (χ3n) is 3.60. The third kappa shape index (κ3) is 3.20. The minimum absolute atomic E-state index is 0.225. The zero-order valence-corrected chi connectivity index (χ0v) is 13.0. The molecule has 2 aromatic carbocycles. The molecule has 0 unspecified atom stereocenters. The smallest absolute Gasteiger partial charge is 0.321 e. The maximum atomic E-state index is 13.2. The van der Waals surface area contributed by atoms with E-state index >= 15 is 0 Å². The molecule has 126 valence electrons. The lowest BCUT2D eigenvalue weighted by Crippen LogP contribution is -1.99. The van der Waals surface area contributed by atoms with Gasteiger partial charge >= 0.3 is 12.0 Å². The molecule has 9 heteroatoms. The fourth-order valence-corrected chi connectivity index (χ4v) is 2.41. The van der Waals surface area contributed by atoms with E-state index < -0.39 is 0 Å². The summed E-state index contributed by atoms with van der Waals surface area (Å²) >= 11 is 0. The molecule has 0 saturated heterocycles. The number of hydrogen-bond donors (Lipinski definition) is 4. The Kier molecular flexibility index (Phi) is 3.65. The summed E-state index contributed by atoms with van der Waals surface area (Å²) in [5.74, 6) is 0.128. The number of rotatable bonds is 5. The van der Waals surface area contributed by atoms with E-state index in [1.165, 1.54) is 12.1 Å². The van der Waals surface area contributed by atoms with Gasteiger partial charge in [0.25, 0.3) is 0 Å². The van der Waals surface area contributed by atoms with Crippen LogP contribution in [0.4, 0.5) is 27.9 Å². The summed E-state index contributed by atoms with van der Waals surface area (Å²) in [6, 6.07) is 12.2. The molecule has 5 N–H and O–H groups in total. The summed E-state index contributed by atoms with van der Waals surface area (Å²) in [4.78, 5) is 0. The Balaban J connectivity index is 1.44. The van der Waals surface area contributed by atoms with E-state index in [9.17, 15) is 4.39 Å². The van der Waals surface area contributed by atoms with E-state index in [2.05, 4.69) is 31.0 Å². The van der Waals surface area contributed by atoms with Crippen LogP contribution < -0.4 is 16.4 Å². The highest BCUT2D eigenvalue weighted by Crippen LogP contribution is 2.24. The molecule has 0 fully saturated rings. The molecular weight excluding hydrogens is 325 g/mol. The van der Waals surface area contributed by atoms with Crippen LogP contribution in [0.1, 0.15) is 5.56 Å². The lowest BCUT2D eigenvalue weighted by Gasteiger charge is -2.02. The number of hydrogen-bond acceptors (Lipinski definition) is 7. The predicted molar refractivity (Wildman–Crippen MR) is 91.8 cm³/mol. The minimum Gasteiger partial charge on any atom is -0.389 e. The van der Waals surface area contributed by atoms with E-state index in [4.69, 9.17) is 10.2 Å². The Hall–Kier alpha value is -3.62. The Morgan fingerprint density at radius 3 is 2.88 bits per heavy atom. The van der Waals surface area contributed by atoms with Gasteiger partial charge in [-0.1, -0.05) is 22.3 Å². The third-order valence-corrected chi connectivity index (χ3v) is 3.60. The Morgan fingerprint density at radius 1 is 1.12 bits per heavy atom. The van der Waals surface area contributed by atoms with Crippen LogP contribution in [-0.4, -0.2) is 20.4 Å². The van der Waals surface area contributed by atoms with Gasteiger partial charge in [-0.2, -0.15) is 5.10 Å². The molecule has 0 bridgehead atoms. The van der Waals surface area contributed by atoms with Gasteiger partial charge in [0.05, 0.1) is 5.52 Å². The maximum Gasteiger partial charge on any atom is 0.321 e. The monoisotopic (exact) mass is 339 g/mol. The van der Waals surface area contributed by atoms with Crippen LogP contribution in [0, 0.1) is 5.82 Å². The number of fused-ring (bicyclic) bond motifs is 1. The lowest BCUT2D eigenvalue weighted by molar-refractivity contribution is 0.583. The van der Waals surface area contributed by atoms with Crippen molar-refractivity contribution in [3.05, 3.63) is 53.8 Å². The zero-order valence-electron chi connectivity index (χ0n) is 13.0. The van der Waals surface area contributed by atoms with E-state index in [1.807, 2.05) is 18.2 Å². The molecule has 0 atom stereocenters. The molecule has 0 aliphatic carbocycles. The van der Waals surface area contributed by atoms with Gasteiger partial charge in [-0.15, -0.1) is 0 Å². The molecule has 4 aromatic rings. The van der Waals surface area contributed by atoms with Gasteiger partial charge < -0.3 is 20.8 Å². The van der Waals surface area contributed by atoms with Crippen molar-refractivity contribution in [2.24, 2.45) is 0 Å². The molecule has 25 heavy (non-hydrogen) atoms. The van der Waals surface area contributed by atoms with Gasteiger partial charge in [0.1, 0.15) is 5.82 Å². The fraction of sp³-hybridized carbons (Fsp3) is 0.0625. The molecule has 2 heterocycles. The Morgan fingerprint density at radius 2 is 2.00 bits per heavy atom. The summed E-state index contributed by atoms with van der Waals surface area (Å²) in [6.45, 7) is 0.372. The second kappa shape index (κ2) is 6.11. The standard InChI is InChI=1S/C16H14FN7O/c17-10-3-1-2-9(6-10)8-19-15-23-24-16(25-15)20-11-4-5-13-12(7-11)14(18)22-21-13/h1-7H,8H2,(H,19,23)(H,20,24)(H3,18,21,22). The minimum atomic E-state index is -0.291. The van der Waals surface area contributed by atoms with Crippen molar-refractivity contribution in [2.45, 2.75) is 6.54 Å². The number of aromatic nitrogens is 4. The molecule has 0 radical (unpaired) electrons. The van der Waals surface area contributed by atoms with Crippen LogP contribution >= 0.6 is 0 Å². The first-order valence-corrected chi connectivity index (χ1v) is 7.50. The molecule has 0 saturated carbocycles. The first kappa shape index (κ1) is 14.9. The fourth-order valence-electron chi connectivity index (χ4n) is 2.41. The Bertz CT molecular complexity index is 1030. The summed E-state index contributed by atoms with van der Waals surface area (Å²) in [5, 5.41) is 21.3. The topological polar surface area (TPSA) is 118 Å². The van der Waals surface area contributed by atoms with Crippen molar-refractivity contribution >= 4 is 34.4 Å². The summed E-state index contributed by atoms with van der Waals surface area (Å²) < 4.78 is 18.6. The number of halogens is 1. The number of benzene rings is 2. The molecule has 8 nitrogen and oxygen atoms in total. The van der Waals surface area contributed by atoms with Gasteiger partial charge in [0.15, 0.2) is 5.82 Å². The maximum absolute atomic E-state index is 13.2. The van der Waals surface area contributed by atoms with Gasteiger partial charge in [-0.05, 0) is 35.9 Å². The van der Waals surface area contributed by atoms with Gasteiger partial charge in [0, 0.05) is 17.6 Å². The van der Waals surface area contributed by atoms with Crippen LogP contribution in [0.25, 0.3) is 10.9 Å². The molecule has 0 aliphatic heterocycles. The normalized spacial score (nSPS) is 10.9. The molecule has 0 aliphatic rings. The SMILES string of the molecule is Nc1n[nH]c2ccc(Nc3nnc(NCc4cccc(F)c4)o3)cc12. The van der Waals surface area contributed by atoms with Crippen molar-refractivity contribution in [2.75, 3.05) is 16.4 Å². The highest BCUT2D eigenvalue weighted by Gasteiger charge is 2.08. The van der Waals surface area contributed by atoms with Crippen LogP contribution in [0.3, 0.4) is 0 Å². The van der Waals surface area contributed by atoms with Gasteiger partial charge in [-0.25, -0.2) is 4.39 Å². The average molecular weight is 339 g/mol. The quantitative estimate of drug-likeness (QED) is 0.441. The van der Waals surface area contributed by atoms with E-state index in [1.54, 1.807) is 12.1 Å². The first-order valence-electron chi connectivity index (χ1n) is 7.50. The number of nitrogen functional groups attached to an aromatic ring is 1. The molecule has 2 aromatic heterocycles. The molecule has 0 amide bonds. The largest absolute Gasteiger partial charge is 0.389 e. The van der Waals surface area contributed by atoms with Crippen LogP contribution in [0.2, 0.25) is 0 Å². The zero-order chi connectivity index (χ0) is 17.2. The van der Waals surface area contributed by atoms with Crippen LogP contribution in [0.5, 0.6) is 0 Å². The lowest BCUT2D eigenvalue weighted by atomic mass is 10.2. The number of nitrogens with one attached hydrogen (secondary N) is 3. The number of nitrogens with two attached hydrogens (primary N) is 1.